The fraction of sp³-hybridized carbons (Fsp3) is 0. The first-order valence-electron chi connectivity index (χ1n) is 16.0. The second-order valence-corrected chi connectivity index (χ2v) is 11.7. The summed E-state index contributed by atoms with van der Waals surface area (Å²) >= 11 is 0. The maximum atomic E-state index is 5.12. The first kappa shape index (κ1) is 28.2. The summed E-state index contributed by atoms with van der Waals surface area (Å²) in [6, 6.07) is 68.6. The van der Waals surface area contributed by atoms with Crippen LogP contribution in [0.5, 0.6) is 0 Å². The van der Waals surface area contributed by atoms with Crippen molar-refractivity contribution in [1.82, 2.24) is 4.98 Å². The summed E-state index contributed by atoms with van der Waals surface area (Å²) in [5.74, 6) is 0. The lowest BCUT2D eigenvalue weighted by molar-refractivity contribution is 1.28. The molecule has 0 spiro atoms. The molecule has 2 heteroatoms. The molecule has 0 fully saturated rings. The van der Waals surface area contributed by atoms with E-state index in [9.17, 15) is 0 Å². The highest BCUT2D eigenvalue weighted by Crippen LogP contribution is 2.39. The molecule has 8 rings (SSSR count). The number of anilines is 3. The Morgan fingerprint density at radius 3 is 1.30 bits per heavy atom. The predicted molar refractivity (Wildman–Crippen MR) is 198 cm³/mol. The van der Waals surface area contributed by atoms with Crippen LogP contribution in [0.25, 0.3) is 55.5 Å². The molecular weight excluding hydrogens is 569 g/mol. The monoisotopic (exact) mass is 600 g/mol. The summed E-state index contributed by atoms with van der Waals surface area (Å²) in [7, 11) is 0. The van der Waals surface area contributed by atoms with E-state index in [-0.39, 0.29) is 0 Å². The molecule has 0 saturated carbocycles. The smallest absolute Gasteiger partial charge is 0.0788 e. The number of rotatable bonds is 7. The molecule has 0 bridgehead atoms. The van der Waals surface area contributed by atoms with Gasteiger partial charge >= 0.3 is 0 Å². The van der Waals surface area contributed by atoms with Crippen LogP contribution < -0.4 is 4.90 Å². The molecule has 0 aliphatic heterocycles. The molecule has 7 aromatic carbocycles. The second kappa shape index (κ2) is 12.6. The summed E-state index contributed by atoms with van der Waals surface area (Å²) in [6.07, 6.45) is 0. The first-order valence-corrected chi connectivity index (χ1v) is 16.0. The summed E-state index contributed by atoms with van der Waals surface area (Å²) < 4.78 is 0. The van der Waals surface area contributed by atoms with Crippen LogP contribution in [0, 0.1) is 0 Å². The summed E-state index contributed by atoms with van der Waals surface area (Å²) in [5, 5.41) is 1.13. The molecule has 0 saturated heterocycles. The molecule has 222 valence electrons. The van der Waals surface area contributed by atoms with Crippen molar-refractivity contribution in [2.45, 2.75) is 0 Å². The molecule has 0 radical (unpaired) electrons. The van der Waals surface area contributed by atoms with Crippen molar-refractivity contribution in [3.8, 4) is 44.6 Å². The van der Waals surface area contributed by atoms with Gasteiger partial charge in [0.05, 0.1) is 11.2 Å². The largest absolute Gasteiger partial charge is 0.311 e. The summed E-state index contributed by atoms with van der Waals surface area (Å²) in [4.78, 5) is 7.43. The van der Waals surface area contributed by atoms with E-state index in [1.165, 1.54) is 22.3 Å². The Labute approximate surface area is 275 Å². The maximum absolute atomic E-state index is 5.12. The standard InChI is InChI=1S/C45H32N2/c1-4-12-33(13-5-1)34-20-22-35(23-21-34)36-24-28-41(29-25-36)47(40-17-8-3-9-18-40)42-30-26-37(27-31-42)43-32-39-16-10-11-19-44(39)46-45(43)38-14-6-2-7-15-38/h1-32H. The number of benzene rings is 7. The van der Waals surface area contributed by atoms with Crippen LogP contribution in [-0.4, -0.2) is 4.98 Å². The van der Waals surface area contributed by atoms with Gasteiger partial charge in [-0.3, -0.25) is 0 Å². The lowest BCUT2D eigenvalue weighted by atomic mass is 9.97. The van der Waals surface area contributed by atoms with E-state index in [1.54, 1.807) is 0 Å². The predicted octanol–water partition coefficient (Wildman–Crippen LogP) is 12.4. The van der Waals surface area contributed by atoms with Gasteiger partial charge in [-0.25, -0.2) is 4.98 Å². The normalized spacial score (nSPS) is 11.0. The topological polar surface area (TPSA) is 16.1 Å². The van der Waals surface area contributed by atoms with Crippen LogP contribution in [0.15, 0.2) is 194 Å². The van der Waals surface area contributed by atoms with Gasteiger partial charge in [0.2, 0.25) is 0 Å². The lowest BCUT2D eigenvalue weighted by Crippen LogP contribution is -2.09. The average Bonchev–Trinajstić information content (AvgIpc) is 3.16. The minimum atomic E-state index is 0.990. The quantitative estimate of drug-likeness (QED) is 0.181. The highest BCUT2D eigenvalue weighted by molar-refractivity contribution is 5.92. The molecule has 8 aromatic rings. The van der Waals surface area contributed by atoms with E-state index in [2.05, 4.69) is 187 Å². The van der Waals surface area contributed by atoms with Gasteiger partial charge in [0, 0.05) is 33.6 Å². The molecule has 0 atom stereocenters. The third-order valence-corrected chi connectivity index (χ3v) is 8.67. The lowest BCUT2D eigenvalue weighted by Gasteiger charge is -2.26. The van der Waals surface area contributed by atoms with Gasteiger partial charge in [-0.15, -0.1) is 0 Å². The van der Waals surface area contributed by atoms with E-state index in [1.807, 2.05) is 12.1 Å². The molecule has 0 aliphatic carbocycles. The number of nitrogens with zero attached hydrogens (tertiary/aromatic N) is 2. The van der Waals surface area contributed by atoms with Crippen LogP contribution in [-0.2, 0) is 0 Å². The van der Waals surface area contributed by atoms with Gasteiger partial charge < -0.3 is 4.90 Å². The Morgan fingerprint density at radius 2 is 0.723 bits per heavy atom. The number of para-hydroxylation sites is 2. The van der Waals surface area contributed by atoms with Crippen molar-refractivity contribution >= 4 is 28.0 Å². The van der Waals surface area contributed by atoms with E-state index in [0.717, 1.165) is 50.3 Å². The molecule has 2 nitrogen and oxygen atoms in total. The number of fused-ring (bicyclic) bond motifs is 1. The fourth-order valence-corrected chi connectivity index (χ4v) is 6.26. The Kier molecular flexibility index (Phi) is 7.59. The van der Waals surface area contributed by atoms with Gasteiger partial charge in [-0.2, -0.15) is 0 Å². The summed E-state index contributed by atoms with van der Waals surface area (Å²) in [5.41, 5.74) is 13.5. The van der Waals surface area contributed by atoms with E-state index in [4.69, 9.17) is 4.98 Å². The van der Waals surface area contributed by atoms with Crippen molar-refractivity contribution in [3.63, 3.8) is 0 Å². The SMILES string of the molecule is c1ccc(-c2ccc(-c3ccc(N(c4ccccc4)c4ccc(-c5cc6ccccc6nc5-c5ccccc5)cc4)cc3)cc2)cc1. The van der Waals surface area contributed by atoms with Crippen molar-refractivity contribution < 1.29 is 0 Å². The number of hydrogen-bond donors (Lipinski definition) is 0. The van der Waals surface area contributed by atoms with Gasteiger partial charge in [0.15, 0.2) is 0 Å². The van der Waals surface area contributed by atoms with Crippen LogP contribution in [0.3, 0.4) is 0 Å². The minimum Gasteiger partial charge on any atom is -0.311 e. The maximum Gasteiger partial charge on any atom is 0.0788 e. The molecule has 1 heterocycles. The molecule has 0 aliphatic rings. The molecule has 0 amide bonds. The van der Waals surface area contributed by atoms with Crippen molar-refractivity contribution in [1.29, 1.82) is 0 Å². The van der Waals surface area contributed by atoms with Crippen LogP contribution >= 0.6 is 0 Å². The number of pyridine rings is 1. The number of hydrogen-bond acceptors (Lipinski definition) is 2. The number of aromatic nitrogens is 1. The van der Waals surface area contributed by atoms with E-state index in [0.29, 0.717) is 0 Å². The van der Waals surface area contributed by atoms with Crippen LogP contribution in [0.4, 0.5) is 17.1 Å². The average molecular weight is 601 g/mol. The van der Waals surface area contributed by atoms with Crippen LogP contribution in [0.1, 0.15) is 0 Å². The minimum absolute atomic E-state index is 0.990. The third kappa shape index (κ3) is 5.81. The zero-order chi connectivity index (χ0) is 31.4. The van der Waals surface area contributed by atoms with Crippen molar-refractivity contribution in [2.75, 3.05) is 4.90 Å². The van der Waals surface area contributed by atoms with Crippen molar-refractivity contribution in [2.24, 2.45) is 0 Å². The Bertz CT molecular complexity index is 2240. The first-order chi connectivity index (χ1) is 23.3. The van der Waals surface area contributed by atoms with Gasteiger partial charge in [0.25, 0.3) is 0 Å². The third-order valence-electron chi connectivity index (χ3n) is 8.67. The van der Waals surface area contributed by atoms with Crippen molar-refractivity contribution in [3.05, 3.63) is 194 Å². The molecule has 0 N–H and O–H groups in total. The van der Waals surface area contributed by atoms with Gasteiger partial charge in [-0.1, -0.05) is 146 Å². The van der Waals surface area contributed by atoms with Gasteiger partial charge in [0.1, 0.15) is 0 Å². The summed E-state index contributed by atoms with van der Waals surface area (Å²) in [6.45, 7) is 0. The highest BCUT2D eigenvalue weighted by atomic mass is 15.1. The molecule has 0 unspecified atom stereocenters. The Balaban J connectivity index is 1.14. The molecule has 47 heavy (non-hydrogen) atoms. The van der Waals surface area contributed by atoms with Gasteiger partial charge in [-0.05, 0) is 76.3 Å². The highest BCUT2D eigenvalue weighted by Gasteiger charge is 2.15. The zero-order valence-electron chi connectivity index (χ0n) is 25.9. The van der Waals surface area contributed by atoms with E-state index < -0.39 is 0 Å². The second-order valence-electron chi connectivity index (χ2n) is 11.7. The molecule has 1 aromatic heterocycles. The Hall–Kier alpha value is -6.25. The Morgan fingerprint density at radius 1 is 0.319 bits per heavy atom. The fourth-order valence-electron chi connectivity index (χ4n) is 6.26. The molecular formula is C45H32N2. The zero-order valence-corrected chi connectivity index (χ0v) is 25.9. The van der Waals surface area contributed by atoms with E-state index >= 15 is 0 Å². The van der Waals surface area contributed by atoms with Crippen LogP contribution in [0.2, 0.25) is 0 Å².